The fourth-order valence-electron chi connectivity index (χ4n) is 4.27. The largest absolute Gasteiger partial charge is 0.352 e. The first-order valence-corrected chi connectivity index (χ1v) is 11.3. The second-order valence-corrected chi connectivity index (χ2v) is 9.72. The second-order valence-electron chi connectivity index (χ2n) is 8.85. The van der Waals surface area contributed by atoms with E-state index in [9.17, 15) is 0 Å². The predicted octanol–water partition coefficient (Wildman–Crippen LogP) is 5.26. The van der Waals surface area contributed by atoms with E-state index in [2.05, 4.69) is 29.0 Å². The number of nitrogens with one attached hydrogen (secondary N) is 1. The summed E-state index contributed by atoms with van der Waals surface area (Å²) in [5.41, 5.74) is 5.22. The van der Waals surface area contributed by atoms with Gasteiger partial charge in [-0.05, 0) is 63.2 Å². The number of imidazole rings is 1. The molecule has 0 amide bonds. The second kappa shape index (κ2) is 8.03. The van der Waals surface area contributed by atoms with E-state index in [1.807, 2.05) is 54.0 Å². The number of nitrogens with zero attached hydrogens (tertiary/aromatic N) is 5. The maximum atomic E-state index is 6.32. The van der Waals surface area contributed by atoms with E-state index in [-0.39, 0.29) is 5.54 Å². The van der Waals surface area contributed by atoms with Crippen LogP contribution in [0.5, 0.6) is 0 Å². The maximum absolute atomic E-state index is 6.32. The minimum absolute atomic E-state index is 0.0254. The summed E-state index contributed by atoms with van der Waals surface area (Å²) in [6, 6.07) is 13.6. The molecule has 0 spiro atoms. The van der Waals surface area contributed by atoms with Crippen LogP contribution < -0.4 is 10.2 Å². The number of aromatic nitrogens is 4. The molecule has 0 bridgehead atoms. The van der Waals surface area contributed by atoms with E-state index in [4.69, 9.17) is 33.3 Å². The highest BCUT2D eigenvalue weighted by Gasteiger charge is 2.27. The highest BCUT2D eigenvalue weighted by molar-refractivity contribution is 6.35. The van der Waals surface area contributed by atoms with E-state index in [0.29, 0.717) is 10.0 Å². The Hall–Kier alpha value is -2.67. The molecule has 4 aromatic rings. The maximum Gasteiger partial charge on any atom is 0.155 e. The van der Waals surface area contributed by atoms with Crippen molar-refractivity contribution in [2.24, 2.45) is 0 Å². The summed E-state index contributed by atoms with van der Waals surface area (Å²) in [4.78, 5) is 11.6. The summed E-state index contributed by atoms with van der Waals surface area (Å²) in [5.74, 6) is 0.923. The summed E-state index contributed by atoms with van der Waals surface area (Å²) < 4.78 is 1.92. The van der Waals surface area contributed by atoms with Gasteiger partial charge in [0, 0.05) is 58.2 Å². The first kappa shape index (κ1) is 21.2. The van der Waals surface area contributed by atoms with Crippen molar-refractivity contribution in [1.82, 2.24) is 24.9 Å². The summed E-state index contributed by atoms with van der Waals surface area (Å²) in [5, 5.41) is 9.72. The van der Waals surface area contributed by atoms with Gasteiger partial charge in [0.25, 0.3) is 0 Å². The smallest absolute Gasteiger partial charge is 0.155 e. The molecule has 0 aliphatic carbocycles. The first-order chi connectivity index (χ1) is 15.3. The lowest BCUT2D eigenvalue weighted by Gasteiger charge is -2.39. The Morgan fingerprint density at radius 1 is 1.00 bits per heavy atom. The van der Waals surface area contributed by atoms with Crippen LogP contribution in [-0.4, -0.2) is 44.8 Å². The molecule has 1 saturated heterocycles. The Morgan fingerprint density at radius 2 is 1.78 bits per heavy atom. The van der Waals surface area contributed by atoms with Gasteiger partial charge >= 0.3 is 0 Å². The summed E-state index contributed by atoms with van der Waals surface area (Å²) >= 11 is 12.6. The molecular weight excluding hydrogens is 443 g/mol. The number of hydrogen-bond donors (Lipinski definition) is 1. The third-order valence-electron chi connectivity index (χ3n) is 5.66. The van der Waals surface area contributed by atoms with E-state index < -0.39 is 0 Å². The average molecular weight is 467 g/mol. The van der Waals surface area contributed by atoms with Crippen LogP contribution >= 0.6 is 23.2 Å². The molecule has 3 aromatic heterocycles. The SMILES string of the molecule is Cc1cc(-c2c(-c3cc(Cl)cc(Cl)c3)nc3ccc(N4CCNC(C)(C)C4)nn23)ccn1. The van der Waals surface area contributed by atoms with Crippen molar-refractivity contribution < 1.29 is 0 Å². The van der Waals surface area contributed by atoms with E-state index >= 15 is 0 Å². The highest BCUT2D eigenvalue weighted by Crippen LogP contribution is 2.35. The van der Waals surface area contributed by atoms with Gasteiger partial charge in [-0.1, -0.05) is 23.2 Å². The van der Waals surface area contributed by atoms with E-state index in [1.54, 1.807) is 6.07 Å². The lowest BCUT2D eigenvalue weighted by molar-refractivity contribution is 0.351. The number of rotatable bonds is 3. The minimum Gasteiger partial charge on any atom is -0.352 e. The lowest BCUT2D eigenvalue weighted by atomic mass is 10.0. The normalized spacial score (nSPS) is 16.0. The van der Waals surface area contributed by atoms with Crippen molar-refractivity contribution in [2.75, 3.05) is 24.5 Å². The molecule has 0 saturated carbocycles. The number of benzene rings is 1. The van der Waals surface area contributed by atoms with Gasteiger partial charge in [-0.15, -0.1) is 5.10 Å². The third-order valence-corrected chi connectivity index (χ3v) is 6.10. The number of fused-ring (bicyclic) bond motifs is 1. The zero-order valence-electron chi connectivity index (χ0n) is 18.2. The third kappa shape index (κ3) is 4.06. The van der Waals surface area contributed by atoms with E-state index in [1.165, 1.54) is 0 Å². The van der Waals surface area contributed by atoms with Crippen molar-refractivity contribution in [1.29, 1.82) is 0 Å². The number of aryl methyl sites for hydroxylation is 1. The Balaban J connectivity index is 1.72. The first-order valence-electron chi connectivity index (χ1n) is 10.6. The van der Waals surface area contributed by atoms with Gasteiger partial charge in [0.1, 0.15) is 11.5 Å². The van der Waals surface area contributed by atoms with Gasteiger partial charge in [0.15, 0.2) is 5.65 Å². The zero-order valence-corrected chi connectivity index (χ0v) is 19.7. The van der Waals surface area contributed by atoms with Crippen LogP contribution in [0.4, 0.5) is 5.82 Å². The van der Waals surface area contributed by atoms with Crippen molar-refractivity contribution in [3.8, 4) is 22.5 Å². The topological polar surface area (TPSA) is 58.4 Å². The predicted molar refractivity (Wildman–Crippen MR) is 131 cm³/mol. The molecule has 4 heterocycles. The highest BCUT2D eigenvalue weighted by atomic mass is 35.5. The Kier molecular flexibility index (Phi) is 5.32. The molecule has 0 atom stereocenters. The van der Waals surface area contributed by atoms with Crippen molar-refractivity contribution in [2.45, 2.75) is 26.3 Å². The summed E-state index contributed by atoms with van der Waals surface area (Å²) in [6.07, 6.45) is 1.81. The molecule has 1 N–H and O–H groups in total. The molecule has 5 rings (SSSR count). The number of halogens is 2. The summed E-state index contributed by atoms with van der Waals surface area (Å²) in [7, 11) is 0. The van der Waals surface area contributed by atoms with Crippen LogP contribution in [0.2, 0.25) is 10.0 Å². The van der Waals surface area contributed by atoms with Crippen LogP contribution in [0.25, 0.3) is 28.2 Å². The number of pyridine rings is 1. The van der Waals surface area contributed by atoms with Crippen molar-refractivity contribution in [3.05, 3.63) is 64.4 Å². The fourth-order valence-corrected chi connectivity index (χ4v) is 4.80. The van der Waals surface area contributed by atoms with Gasteiger partial charge in [0.05, 0.1) is 5.69 Å². The number of piperazine rings is 1. The standard InChI is InChI=1S/C24H24Cl2N6/c1-15-10-16(6-7-27-15)23-22(17-11-18(25)13-19(26)12-17)29-20-4-5-21(30-32(20)23)31-9-8-28-24(2,3)14-31/h4-7,10-13,28H,8-9,14H2,1-3H3. The van der Waals surface area contributed by atoms with Crippen LogP contribution in [-0.2, 0) is 0 Å². The number of hydrogen-bond acceptors (Lipinski definition) is 5. The van der Waals surface area contributed by atoms with Gasteiger partial charge in [0.2, 0.25) is 0 Å². The molecule has 164 valence electrons. The molecule has 32 heavy (non-hydrogen) atoms. The van der Waals surface area contributed by atoms with Gasteiger partial charge in [-0.3, -0.25) is 4.98 Å². The molecule has 1 aliphatic heterocycles. The van der Waals surface area contributed by atoms with E-state index in [0.717, 1.165) is 59.3 Å². The van der Waals surface area contributed by atoms with Crippen LogP contribution in [0.1, 0.15) is 19.5 Å². The van der Waals surface area contributed by atoms with Crippen LogP contribution in [0.15, 0.2) is 48.7 Å². The summed E-state index contributed by atoms with van der Waals surface area (Å²) in [6.45, 7) is 9.09. The van der Waals surface area contributed by atoms with Gasteiger partial charge in [-0.25, -0.2) is 9.50 Å². The molecule has 6 nitrogen and oxygen atoms in total. The minimum atomic E-state index is 0.0254. The number of anilines is 1. The fraction of sp³-hybridized carbons (Fsp3) is 0.292. The molecule has 0 radical (unpaired) electrons. The lowest BCUT2D eigenvalue weighted by Crippen LogP contribution is -2.57. The Bertz CT molecular complexity index is 1290. The van der Waals surface area contributed by atoms with Gasteiger partial charge in [-0.2, -0.15) is 0 Å². The monoisotopic (exact) mass is 466 g/mol. The quantitative estimate of drug-likeness (QED) is 0.446. The average Bonchev–Trinajstić information content (AvgIpc) is 3.11. The Labute approximate surface area is 197 Å². The molecule has 1 fully saturated rings. The molecule has 0 unspecified atom stereocenters. The molecule has 1 aliphatic rings. The van der Waals surface area contributed by atoms with Gasteiger partial charge < -0.3 is 10.2 Å². The van der Waals surface area contributed by atoms with Crippen LogP contribution in [0, 0.1) is 6.92 Å². The van der Waals surface area contributed by atoms with Crippen molar-refractivity contribution >= 4 is 34.7 Å². The zero-order chi connectivity index (χ0) is 22.5. The van der Waals surface area contributed by atoms with Crippen LogP contribution in [0.3, 0.4) is 0 Å². The molecule has 8 heteroatoms. The van der Waals surface area contributed by atoms with Crippen molar-refractivity contribution in [3.63, 3.8) is 0 Å². The Morgan fingerprint density at radius 3 is 2.50 bits per heavy atom. The molecular formula is C24H24Cl2N6. The molecule has 1 aromatic carbocycles.